The molecular weight excluding hydrogens is 326 g/mol. The van der Waals surface area contributed by atoms with Gasteiger partial charge in [-0.25, -0.2) is 4.68 Å². The number of halogens is 1. The lowest BCUT2D eigenvalue weighted by molar-refractivity contribution is 0.102. The second-order valence-corrected chi connectivity index (χ2v) is 5.59. The first-order chi connectivity index (χ1) is 11.7. The van der Waals surface area contributed by atoms with E-state index < -0.39 is 0 Å². The molecule has 1 amide bonds. The van der Waals surface area contributed by atoms with Crippen LogP contribution in [0.2, 0.25) is 5.02 Å². The average molecular weight is 342 g/mol. The SMILES string of the molecule is COc1ccccc1C(=O)Nc1ccnn1Cc1ccc(Cl)cc1. The smallest absolute Gasteiger partial charge is 0.260 e. The summed E-state index contributed by atoms with van der Waals surface area (Å²) in [7, 11) is 1.54. The van der Waals surface area contributed by atoms with E-state index >= 15 is 0 Å². The van der Waals surface area contributed by atoms with Gasteiger partial charge >= 0.3 is 0 Å². The lowest BCUT2D eigenvalue weighted by Crippen LogP contribution is -2.17. The maximum absolute atomic E-state index is 12.5. The summed E-state index contributed by atoms with van der Waals surface area (Å²) in [5.74, 6) is 0.893. The van der Waals surface area contributed by atoms with Gasteiger partial charge < -0.3 is 10.1 Å². The Labute approximate surface area is 144 Å². The summed E-state index contributed by atoms with van der Waals surface area (Å²) in [5, 5.41) is 7.81. The molecule has 0 atom stereocenters. The number of amides is 1. The molecule has 24 heavy (non-hydrogen) atoms. The van der Waals surface area contributed by atoms with Gasteiger partial charge in [0.1, 0.15) is 11.6 Å². The zero-order valence-electron chi connectivity index (χ0n) is 13.1. The number of rotatable bonds is 5. The molecule has 122 valence electrons. The van der Waals surface area contributed by atoms with Crippen LogP contribution in [0, 0.1) is 0 Å². The van der Waals surface area contributed by atoms with E-state index in [0.717, 1.165) is 5.56 Å². The number of para-hydroxylation sites is 1. The Morgan fingerprint density at radius 3 is 2.67 bits per heavy atom. The second kappa shape index (κ2) is 7.19. The number of benzene rings is 2. The van der Waals surface area contributed by atoms with E-state index in [2.05, 4.69) is 10.4 Å². The monoisotopic (exact) mass is 341 g/mol. The van der Waals surface area contributed by atoms with E-state index in [1.54, 1.807) is 35.1 Å². The summed E-state index contributed by atoms with van der Waals surface area (Å²) in [5.41, 5.74) is 1.51. The zero-order valence-corrected chi connectivity index (χ0v) is 13.8. The van der Waals surface area contributed by atoms with Crippen LogP contribution in [0.1, 0.15) is 15.9 Å². The highest BCUT2D eigenvalue weighted by atomic mass is 35.5. The highest BCUT2D eigenvalue weighted by Gasteiger charge is 2.14. The molecule has 0 fully saturated rings. The van der Waals surface area contributed by atoms with Crippen LogP contribution in [0.15, 0.2) is 60.8 Å². The number of nitrogens with one attached hydrogen (secondary N) is 1. The molecule has 3 rings (SSSR count). The van der Waals surface area contributed by atoms with Gasteiger partial charge in [0.15, 0.2) is 0 Å². The summed E-state index contributed by atoms with van der Waals surface area (Å²) in [6.07, 6.45) is 1.65. The molecule has 1 N–H and O–H groups in total. The van der Waals surface area contributed by atoms with Crippen molar-refractivity contribution in [3.8, 4) is 5.75 Å². The van der Waals surface area contributed by atoms with Crippen molar-refractivity contribution in [3.63, 3.8) is 0 Å². The molecule has 2 aromatic carbocycles. The largest absolute Gasteiger partial charge is 0.496 e. The Morgan fingerprint density at radius 1 is 1.17 bits per heavy atom. The molecule has 0 aliphatic heterocycles. The van der Waals surface area contributed by atoms with Crippen LogP contribution in [0.3, 0.4) is 0 Å². The van der Waals surface area contributed by atoms with Crippen LogP contribution in [0.5, 0.6) is 5.75 Å². The van der Waals surface area contributed by atoms with Gasteiger partial charge in [-0.1, -0.05) is 35.9 Å². The second-order valence-electron chi connectivity index (χ2n) is 5.15. The number of nitrogens with zero attached hydrogens (tertiary/aromatic N) is 2. The van der Waals surface area contributed by atoms with E-state index in [4.69, 9.17) is 16.3 Å². The number of anilines is 1. The molecule has 0 aliphatic rings. The van der Waals surface area contributed by atoms with Crippen molar-refractivity contribution in [1.82, 2.24) is 9.78 Å². The van der Waals surface area contributed by atoms with Gasteiger partial charge in [-0.15, -0.1) is 0 Å². The van der Waals surface area contributed by atoms with E-state index in [1.807, 2.05) is 30.3 Å². The van der Waals surface area contributed by atoms with E-state index in [0.29, 0.717) is 28.7 Å². The average Bonchev–Trinajstić information content (AvgIpc) is 3.03. The van der Waals surface area contributed by atoms with Gasteiger partial charge in [0.25, 0.3) is 5.91 Å². The quantitative estimate of drug-likeness (QED) is 0.767. The Bertz CT molecular complexity index is 843. The molecule has 0 unspecified atom stereocenters. The van der Waals surface area contributed by atoms with Crippen LogP contribution < -0.4 is 10.1 Å². The number of aromatic nitrogens is 2. The van der Waals surface area contributed by atoms with Gasteiger partial charge in [0.05, 0.1) is 25.4 Å². The highest BCUT2D eigenvalue weighted by molar-refractivity contribution is 6.30. The van der Waals surface area contributed by atoms with Crippen molar-refractivity contribution >= 4 is 23.3 Å². The van der Waals surface area contributed by atoms with E-state index in [9.17, 15) is 4.79 Å². The predicted molar refractivity (Wildman–Crippen MR) is 93.7 cm³/mol. The van der Waals surface area contributed by atoms with Crippen LogP contribution in [0.4, 0.5) is 5.82 Å². The molecule has 0 radical (unpaired) electrons. The minimum atomic E-state index is -0.245. The highest BCUT2D eigenvalue weighted by Crippen LogP contribution is 2.19. The van der Waals surface area contributed by atoms with E-state index in [-0.39, 0.29) is 5.91 Å². The van der Waals surface area contributed by atoms with Gasteiger partial charge in [-0.2, -0.15) is 5.10 Å². The van der Waals surface area contributed by atoms with Crippen molar-refractivity contribution in [3.05, 3.63) is 76.9 Å². The fourth-order valence-electron chi connectivity index (χ4n) is 2.34. The lowest BCUT2D eigenvalue weighted by Gasteiger charge is -2.11. The van der Waals surface area contributed by atoms with Gasteiger partial charge in [0.2, 0.25) is 0 Å². The first kappa shape index (κ1) is 16.1. The molecule has 0 saturated carbocycles. The summed E-state index contributed by atoms with van der Waals surface area (Å²) in [4.78, 5) is 12.5. The number of carbonyl (C=O) groups is 1. The van der Waals surface area contributed by atoms with E-state index in [1.165, 1.54) is 7.11 Å². The van der Waals surface area contributed by atoms with Gasteiger partial charge in [0, 0.05) is 11.1 Å². The van der Waals surface area contributed by atoms with Crippen LogP contribution >= 0.6 is 11.6 Å². The van der Waals surface area contributed by atoms with Crippen molar-refractivity contribution in [2.45, 2.75) is 6.54 Å². The van der Waals surface area contributed by atoms with Crippen molar-refractivity contribution in [2.75, 3.05) is 12.4 Å². The molecule has 5 nitrogen and oxygen atoms in total. The normalized spacial score (nSPS) is 10.4. The first-order valence-electron chi connectivity index (χ1n) is 7.38. The van der Waals surface area contributed by atoms with Crippen molar-refractivity contribution in [1.29, 1.82) is 0 Å². The van der Waals surface area contributed by atoms with Gasteiger partial charge in [-0.3, -0.25) is 4.79 Å². The third kappa shape index (κ3) is 3.58. The molecule has 3 aromatic rings. The lowest BCUT2D eigenvalue weighted by atomic mass is 10.2. The molecule has 0 saturated heterocycles. The minimum absolute atomic E-state index is 0.245. The summed E-state index contributed by atoms with van der Waals surface area (Å²) in [6, 6.07) is 16.3. The fourth-order valence-corrected chi connectivity index (χ4v) is 2.47. The van der Waals surface area contributed by atoms with Gasteiger partial charge in [-0.05, 0) is 29.8 Å². The minimum Gasteiger partial charge on any atom is -0.496 e. The number of carbonyl (C=O) groups excluding carboxylic acids is 1. The van der Waals surface area contributed by atoms with Crippen molar-refractivity contribution in [2.24, 2.45) is 0 Å². The first-order valence-corrected chi connectivity index (χ1v) is 7.76. The number of hydrogen-bond donors (Lipinski definition) is 1. The van der Waals surface area contributed by atoms with Crippen LogP contribution in [0.25, 0.3) is 0 Å². The number of ether oxygens (including phenoxy) is 1. The van der Waals surface area contributed by atoms with Crippen LogP contribution in [-0.4, -0.2) is 22.8 Å². The Kier molecular flexibility index (Phi) is 4.82. The summed E-state index contributed by atoms with van der Waals surface area (Å²) >= 11 is 5.90. The Balaban J connectivity index is 1.78. The Hall–Kier alpha value is -2.79. The maximum atomic E-state index is 12.5. The third-order valence-electron chi connectivity index (χ3n) is 3.56. The molecule has 1 heterocycles. The third-order valence-corrected chi connectivity index (χ3v) is 3.81. The number of methoxy groups -OCH3 is 1. The molecular formula is C18H16ClN3O2. The zero-order chi connectivity index (χ0) is 16.9. The Morgan fingerprint density at radius 2 is 1.92 bits per heavy atom. The molecule has 0 spiro atoms. The summed E-state index contributed by atoms with van der Waals surface area (Å²) in [6.45, 7) is 0.533. The predicted octanol–water partition coefficient (Wildman–Crippen LogP) is 3.85. The van der Waals surface area contributed by atoms with Crippen molar-refractivity contribution < 1.29 is 9.53 Å². The molecule has 1 aromatic heterocycles. The topological polar surface area (TPSA) is 56.1 Å². The number of hydrogen-bond acceptors (Lipinski definition) is 3. The molecule has 0 aliphatic carbocycles. The maximum Gasteiger partial charge on any atom is 0.260 e. The standard InChI is InChI=1S/C18H16ClN3O2/c1-24-16-5-3-2-4-15(16)18(23)21-17-10-11-20-22(17)12-13-6-8-14(19)9-7-13/h2-11H,12H2,1H3,(H,21,23). The van der Waals surface area contributed by atoms with Crippen LogP contribution in [-0.2, 0) is 6.54 Å². The molecule has 6 heteroatoms. The summed E-state index contributed by atoms with van der Waals surface area (Å²) < 4.78 is 6.95. The molecule has 0 bridgehead atoms. The fraction of sp³-hybridized carbons (Fsp3) is 0.111.